The summed E-state index contributed by atoms with van der Waals surface area (Å²) in [6.07, 6.45) is 4.98. The highest BCUT2D eigenvalue weighted by atomic mass is 16.5. The smallest absolute Gasteiger partial charge is 0.0936 e. The first-order valence-corrected chi connectivity index (χ1v) is 8.16. The molecule has 1 unspecified atom stereocenters. The maximum atomic E-state index is 6.72. The van der Waals surface area contributed by atoms with Crippen LogP contribution in [0.5, 0.6) is 0 Å². The van der Waals surface area contributed by atoms with E-state index in [-0.39, 0.29) is 5.60 Å². The molecule has 2 aliphatic rings. The Kier molecular flexibility index (Phi) is 3.87. The molecule has 2 nitrogen and oxygen atoms in total. The van der Waals surface area contributed by atoms with E-state index < -0.39 is 0 Å². The fraction of sp³-hybridized carbons (Fsp3) is 0.667. The van der Waals surface area contributed by atoms with Crippen LogP contribution in [0, 0.1) is 0 Å². The van der Waals surface area contributed by atoms with Gasteiger partial charge in [-0.15, -0.1) is 0 Å². The molecule has 1 fully saturated rings. The minimum absolute atomic E-state index is 0.0509. The van der Waals surface area contributed by atoms with E-state index in [2.05, 4.69) is 50.1 Å². The Hall–Kier alpha value is -0.860. The van der Waals surface area contributed by atoms with Crippen molar-refractivity contribution in [2.75, 3.05) is 20.1 Å². The largest absolute Gasteiger partial charge is 0.365 e. The third-order valence-corrected chi connectivity index (χ3v) is 5.22. The second-order valence-electron chi connectivity index (χ2n) is 6.50. The lowest BCUT2D eigenvalue weighted by Crippen LogP contribution is -2.50. The van der Waals surface area contributed by atoms with E-state index in [1.165, 1.54) is 24.9 Å². The van der Waals surface area contributed by atoms with E-state index in [0.717, 1.165) is 19.4 Å². The van der Waals surface area contributed by atoms with Crippen molar-refractivity contribution < 1.29 is 4.74 Å². The minimum atomic E-state index is -0.0509. The molecule has 0 amide bonds. The van der Waals surface area contributed by atoms with Crippen LogP contribution in [-0.4, -0.2) is 31.1 Å². The molecule has 3 rings (SSSR count). The minimum Gasteiger partial charge on any atom is -0.365 e. The van der Waals surface area contributed by atoms with Crippen LogP contribution in [0.1, 0.15) is 56.6 Å². The monoisotopic (exact) mass is 273 g/mol. The number of ether oxygens (including phenoxy) is 1. The van der Waals surface area contributed by atoms with E-state index >= 15 is 0 Å². The third kappa shape index (κ3) is 2.19. The van der Waals surface area contributed by atoms with Gasteiger partial charge in [0, 0.05) is 12.5 Å². The lowest BCUT2D eigenvalue weighted by Gasteiger charge is -2.49. The van der Waals surface area contributed by atoms with Gasteiger partial charge in [0.25, 0.3) is 0 Å². The van der Waals surface area contributed by atoms with Crippen molar-refractivity contribution in [3.63, 3.8) is 0 Å². The number of fused-ring (bicyclic) bond motifs is 3. The first kappa shape index (κ1) is 14.1. The molecule has 0 radical (unpaired) electrons. The average molecular weight is 273 g/mol. The van der Waals surface area contributed by atoms with Crippen molar-refractivity contribution in [1.82, 2.24) is 4.90 Å². The average Bonchev–Trinajstić information content (AvgIpc) is 2.47. The molecule has 0 saturated carbocycles. The van der Waals surface area contributed by atoms with Crippen LogP contribution in [-0.2, 0) is 10.3 Å². The van der Waals surface area contributed by atoms with Gasteiger partial charge in [-0.25, -0.2) is 0 Å². The lowest BCUT2D eigenvalue weighted by molar-refractivity contribution is -0.146. The summed E-state index contributed by atoms with van der Waals surface area (Å²) < 4.78 is 6.72. The number of hydrogen-bond acceptors (Lipinski definition) is 2. The summed E-state index contributed by atoms with van der Waals surface area (Å²) >= 11 is 0. The Balaban J connectivity index is 2.05. The molecule has 0 bridgehead atoms. The molecule has 0 N–H and O–H groups in total. The molecular formula is C18H27NO. The van der Waals surface area contributed by atoms with Gasteiger partial charge in [0.2, 0.25) is 0 Å². The molecule has 1 aromatic rings. The zero-order valence-electron chi connectivity index (χ0n) is 13.1. The maximum absolute atomic E-state index is 6.72. The SMILES string of the molecule is CCCC1(CC)O[C@H]2CN(C)CC[C@H]2c2ccccc21. The fourth-order valence-electron chi connectivity index (χ4n) is 4.18. The Morgan fingerprint density at radius 2 is 2.10 bits per heavy atom. The number of likely N-dealkylation sites (N-methyl/N-ethyl adjacent to an activating group) is 1. The highest BCUT2D eigenvalue weighted by Crippen LogP contribution is 2.48. The highest BCUT2D eigenvalue weighted by Gasteiger charge is 2.45. The van der Waals surface area contributed by atoms with Gasteiger partial charge in [0.05, 0.1) is 11.7 Å². The van der Waals surface area contributed by atoms with Crippen molar-refractivity contribution in [1.29, 1.82) is 0 Å². The number of piperidine rings is 1. The normalized spacial score (nSPS) is 33.5. The fourth-order valence-corrected chi connectivity index (χ4v) is 4.18. The summed E-state index contributed by atoms with van der Waals surface area (Å²) in [4.78, 5) is 2.42. The molecule has 2 aliphatic heterocycles. The van der Waals surface area contributed by atoms with Crippen LogP contribution in [0.15, 0.2) is 24.3 Å². The Morgan fingerprint density at radius 1 is 1.30 bits per heavy atom. The van der Waals surface area contributed by atoms with E-state index in [4.69, 9.17) is 4.74 Å². The van der Waals surface area contributed by atoms with Crippen molar-refractivity contribution >= 4 is 0 Å². The van der Waals surface area contributed by atoms with Gasteiger partial charge in [-0.2, -0.15) is 0 Å². The van der Waals surface area contributed by atoms with Crippen LogP contribution in [0.3, 0.4) is 0 Å². The first-order valence-electron chi connectivity index (χ1n) is 8.16. The third-order valence-electron chi connectivity index (χ3n) is 5.22. The summed E-state index contributed by atoms with van der Waals surface area (Å²) in [6, 6.07) is 9.04. The van der Waals surface area contributed by atoms with E-state index in [1.807, 2.05) is 0 Å². The summed E-state index contributed by atoms with van der Waals surface area (Å²) in [7, 11) is 2.22. The molecular weight excluding hydrogens is 246 g/mol. The zero-order valence-corrected chi connectivity index (χ0v) is 13.1. The second-order valence-corrected chi connectivity index (χ2v) is 6.50. The van der Waals surface area contributed by atoms with Crippen molar-refractivity contribution in [2.45, 2.75) is 57.2 Å². The molecule has 20 heavy (non-hydrogen) atoms. The standard InChI is InChI=1S/C18H27NO/c1-4-11-18(5-2)16-9-7-6-8-14(16)15-10-12-19(3)13-17(15)20-18/h6-9,15,17H,4-5,10-13H2,1-3H3/t15-,17-,18?/m0/s1. The van der Waals surface area contributed by atoms with Gasteiger partial charge in [0.1, 0.15) is 0 Å². The number of nitrogens with zero attached hydrogens (tertiary/aromatic N) is 1. The number of likely N-dealkylation sites (tertiary alicyclic amines) is 1. The van der Waals surface area contributed by atoms with E-state index in [9.17, 15) is 0 Å². The first-order chi connectivity index (χ1) is 9.70. The summed E-state index contributed by atoms with van der Waals surface area (Å²) in [6.45, 7) is 6.80. The van der Waals surface area contributed by atoms with E-state index in [0.29, 0.717) is 12.0 Å². The molecule has 2 heterocycles. The molecule has 2 heteroatoms. The topological polar surface area (TPSA) is 12.5 Å². The summed E-state index contributed by atoms with van der Waals surface area (Å²) in [5, 5.41) is 0. The van der Waals surface area contributed by atoms with Gasteiger partial charge in [-0.3, -0.25) is 0 Å². The predicted molar refractivity (Wildman–Crippen MR) is 83.0 cm³/mol. The highest BCUT2D eigenvalue weighted by molar-refractivity contribution is 5.38. The van der Waals surface area contributed by atoms with Gasteiger partial charge in [0.15, 0.2) is 0 Å². The number of benzene rings is 1. The zero-order chi connectivity index (χ0) is 14.2. The molecule has 110 valence electrons. The number of rotatable bonds is 3. The molecule has 1 aromatic carbocycles. The quantitative estimate of drug-likeness (QED) is 0.828. The Bertz CT molecular complexity index is 472. The predicted octanol–water partition coefficient (Wildman–Crippen LogP) is 3.91. The van der Waals surface area contributed by atoms with Gasteiger partial charge < -0.3 is 9.64 Å². The van der Waals surface area contributed by atoms with Crippen molar-refractivity contribution in [2.24, 2.45) is 0 Å². The van der Waals surface area contributed by atoms with Crippen LogP contribution in [0.4, 0.5) is 0 Å². The van der Waals surface area contributed by atoms with E-state index in [1.54, 1.807) is 5.56 Å². The van der Waals surface area contributed by atoms with Crippen LogP contribution >= 0.6 is 0 Å². The number of hydrogen-bond donors (Lipinski definition) is 0. The molecule has 0 spiro atoms. The van der Waals surface area contributed by atoms with Crippen LogP contribution < -0.4 is 0 Å². The van der Waals surface area contributed by atoms with Crippen LogP contribution in [0.2, 0.25) is 0 Å². The maximum Gasteiger partial charge on any atom is 0.0936 e. The molecule has 0 aliphatic carbocycles. The van der Waals surface area contributed by atoms with Crippen LogP contribution in [0.25, 0.3) is 0 Å². The van der Waals surface area contributed by atoms with Crippen molar-refractivity contribution in [3.05, 3.63) is 35.4 Å². The summed E-state index contributed by atoms with van der Waals surface area (Å²) in [5.74, 6) is 0.596. The Labute approximate surface area is 123 Å². The van der Waals surface area contributed by atoms with Crippen molar-refractivity contribution in [3.8, 4) is 0 Å². The summed E-state index contributed by atoms with van der Waals surface area (Å²) in [5.41, 5.74) is 2.98. The molecule has 3 atom stereocenters. The Morgan fingerprint density at radius 3 is 2.85 bits per heavy atom. The lowest BCUT2D eigenvalue weighted by atomic mass is 9.73. The molecule has 1 saturated heterocycles. The molecule has 0 aromatic heterocycles. The van der Waals surface area contributed by atoms with Gasteiger partial charge >= 0.3 is 0 Å². The second kappa shape index (κ2) is 5.50. The van der Waals surface area contributed by atoms with Gasteiger partial charge in [-0.05, 0) is 44.0 Å². The van der Waals surface area contributed by atoms with Gasteiger partial charge in [-0.1, -0.05) is 44.5 Å².